The highest BCUT2D eigenvalue weighted by Crippen LogP contribution is 2.48. The van der Waals surface area contributed by atoms with Crippen LogP contribution in [0.15, 0.2) is 48.5 Å². The molecule has 4 rings (SSSR count). The van der Waals surface area contributed by atoms with Gasteiger partial charge in [-0.3, -0.25) is 9.69 Å². The zero-order chi connectivity index (χ0) is 20.3. The molecule has 0 spiro atoms. The minimum absolute atomic E-state index is 0.0111. The van der Waals surface area contributed by atoms with Gasteiger partial charge in [-0.2, -0.15) is 0 Å². The molecule has 5 heteroatoms. The standard InChI is InChI=1S/C24H29NO4/c26-21-11-4-6-18(12-14-29-15-13-22(27)28)23(21)24(19-7-2-1-3-8-19)16-25(17-24)20-9-5-10-20/h1-4,6-8,11,20,26H,5,9-10,12-17H2,(H,27,28). The lowest BCUT2D eigenvalue weighted by molar-refractivity contribution is -0.138. The third kappa shape index (κ3) is 4.02. The van der Waals surface area contributed by atoms with Crippen molar-refractivity contribution in [1.82, 2.24) is 4.90 Å². The highest BCUT2D eigenvalue weighted by Gasteiger charge is 2.50. The molecule has 5 nitrogen and oxygen atoms in total. The third-order valence-electron chi connectivity index (χ3n) is 6.45. The van der Waals surface area contributed by atoms with Crippen molar-refractivity contribution >= 4 is 5.97 Å². The summed E-state index contributed by atoms with van der Waals surface area (Å²) in [5.41, 5.74) is 3.12. The van der Waals surface area contributed by atoms with Gasteiger partial charge in [0.2, 0.25) is 0 Å². The van der Waals surface area contributed by atoms with E-state index in [9.17, 15) is 9.90 Å². The van der Waals surface area contributed by atoms with Crippen LogP contribution in [-0.2, 0) is 21.4 Å². The Hall–Kier alpha value is -2.37. The lowest BCUT2D eigenvalue weighted by atomic mass is 9.65. The number of aromatic hydroxyl groups is 1. The Kier molecular flexibility index (Phi) is 5.88. The van der Waals surface area contributed by atoms with Crippen LogP contribution >= 0.6 is 0 Å². The van der Waals surface area contributed by atoms with E-state index in [2.05, 4.69) is 35.2 Å². The van der Waals surface area contributed by atoms with E-state index in [1.165, 1.54) is 24.8 Å². The highest BCUT2D eigenvalue weighted by molar-refractivity contribution is 5.66. The molecule has 0 aromatic heterocycles. The summed E-state index contributed by atoms with van der Waals surface area (Å²) < 4.78 is 5.53. The van der Waals surface area contributed by atoms with Crippen molar-refractivity contribution in [2.75, 3.05) is 26.3 Å². The third-order valence-corrected chi connectivity index (χ3v) is 6.45. The molecule has 1 aliphatic carbocycles. The van der Waals surface area contributed by atoms with Crippen LogP contribution in [0.5, 0.6) is 5.75 Å². The highest BCUT2D eigenvalue weighted by atomic mass is 16.5. The predicted molar refractivity (Wildman–Crippen MR) is 111 cm³/mol. The molecule has 2 aromatic carbocycles. The molecule has 0 radical (unpaired) electrons. The molecule has 2 N–H and O–H groups in total. The van der Waals surface area contributed by atoms with E-state index in [-0.39, 0.29) is 18.4 Å². The van der Waals surface area contributed by atoms with E-state index in [0.717, 1.165) is 24.2 Å². The number of hydrogen-bond acceptors (Lipinski definition) is 4. The number of carboxylic acids is 1. The molecule has 1 heterocycles. The number of rotatable bonds is 9. The van der Waals surface area contributed by atoms with Gasteiger partial charge < -0.3 is 14.9 Å². The number of phenols is 1. The quantitative estimate of drug-likeness (QED) is 0.635. The van der Waals surface area contributed by atoms with Crippen LogP contribution in [0.2, 0.25) is 0 Å². The van der Waals surface area contributed by atoms with Crippen LogP contribution in [0.25, 0.3) is 0 Å². The van der Waals surface area contributed by atoms with Crippen LogP contribution < -0.4 is 0 Å². The Morgan fingerprint density at radius 1 is 1.07 bits per heavy atom. The molecule has 2 aromatic rings. The minimum Gasteiger partial charge on any atom is -0.508 e. The van der Waals surface area contributed by atoms with E-state index in [1.54, 1.807) is 6.07 Å². The first-order valence-corrected chi connectivity index (χ1v) is 10.5. The Bertz CT molecular complexity index is 841. The van der Waals surface area contributed by atoms with Crippen molar-refractivity contribution < 1.29 is 19.7 Å². The molecule has 0 atom stereocenters. The van der Waals surface area contributed by atoms with Gasteiger partial charge in [-0.15, -0.1) is 0 Å². The molecule has 0 bridgehead atoms. The van der Waals surface area contributed by atoms with Crippen molar-refractivity contribution in [2.24, 2.45) is 0 Å². The van der Waals surface area contributed by atoms with Crippen LogP contribution in [0.3, 0.4) is 0 Å². The smallest absolute Gasteiger partial charge is 0.305 e. The molecular weight excluding hydrogens is 366 g/mol. The largest absolute Gasteiger partial charge is 0.508 e. The number of aliphatic carboxylic acids is 1. The van der Waals surface area contributed by atoms with E-state index in [0.29, 0.717) is 24.8 Å². The van der Waals surface area contributed by atoms with Crippen molar-refractivity contribution in [1.29, 1.82) is 0 Å². The first-order valence-electron chi connectivity index (χ1n) is 10.5. The Morgan fingerprint density at radius 3 is 2.48 bits per heavy atom. The normalized spacial score (nSPS) is 18.8. The van der Waals surface area contributed by atoms with Gasteiger partial charge in [-0.25, -0.2) is 0 Å². The molecular formula is C24H29NO4. The summed E-state index contributed by atoms with van der Waals surface area (Å²) in [5, 5.41) is 19.6. The maximum atomic E-state index is 10.9. The lowest BCUT2D eigenvalue weighted by Gasteiger charge is -2.56. The van der Waals surface area contributed by atoms with Crippen LogP contribution in [-0.4, -0.2) is 53.4 Å². The topological polar surface area (TPSA) is 70.0 Å². The molecule has 2 fully saturated rings. The number of ether oxygens (including phenoxy) is 1. The van der Waals surface area contributed by atoms with Gasteiger partial charge in [0, 0.05) is 30.1 Å². The first kappa shape index (κ1) is 19.9. The predicted octanol–water partition coefficient (Wildman–Crippen LogP) is 3.58. The summed E-state index contributed by atoms with van der Waals surface area (Å²) >= 11 is 0. The molecule has 1 saturated carbocycles. The Labute approximate surface area is 171 Å². The van der Waals surface area contributed by atoms with Gasteiger partial charge in [0.15, 0.2) is 0 Å². The van der Waals surface area contributed by atoms with Crippen molar-refractivity contribution in [3.8, 4) is 5.75 Å². The molecule has 0 unspecified atom stereocenters. The van der Waals surface area contributed by atoms with Gasteiger partial charge in [0.1, 0.15) is 5.75 Å². The minimum atomic E-state index is -0.850. The van der Waals surface area contributed by atoms with Gasteiger partial charge in [0.05, 0.1) is 19.6 Å². The average Bonchev–Trinajstić information content (AvgIpc) is 2.64. The second kappa shape index (κ2) is 8.56. The van der Waals surface area contributed by atoms with Crippen molar-refractivity contribution in [3.63, 3.8) is 0 Å². The van der Waals surface area contributed by atoms with Crippen LogP contribution in [0, 0.1) is 0 Å². The maximum Gasteiger partial charge on any atom is 0.305 e. The number of likely N-dealkylation sites (tertiary alicyclic amines) is 1. The zero-order valence-corrected chi connectivity index (χ0v) is 16.7. The van der Waals surface area contributed by atoms with Crippen molar-refractivity contribution in [3.05, 3.63) is 65.2 Å². The molecule has 154 valence electrons. The van der Waals surface area contributed by atoms with Gasteiger partial charge in [-0.05, 0) is 36.5 Å². The number of phenolic OH excluding ortho intramolecular Hbond substituents is 1. The average molecular weight is 395 g/mol. The van der Waals surface area contributed by atoms with Crippen LogP contribution in [0.4, 0.5) is 0 Å². The Balaban J connectivity index is 1.58. The number of nitrogens with zero attached hydrogens (tertiary/aromatic N) is 1. The molecule has 1 saturated heterocycles. The fourth-order valence-electron chi connectivity index (χ4n) is 4.69. The summed E-state index contributed by atoms with van der Waals surface area (Å²) in [7, 11) is 0. The summed E-state index contributed by atoms with van der Waals surface area (Å²) in [4.78, 5) is 13.2. The number of carbonyl (C=O) groups is 1. The summed E-state index contributed by atoms with van der Waals surface area (Å²) in [6.45, 7) is 2.50. The fraction of sp³-hybridized carbons (Fsp3) is 0.458. The van der Waals surface area contributed by atoms with Crippen LogP contribution in [0.1, 0.15) is 42.4 Å². The number of carboxylic acid groups (broad SMARTS) is 1. The van der Waals surface area contributed by atoms with Gasteiger partial charge in [0.25, 0.3) is 0 Å². The van der Waals surface area contributed by atoms with E-state index >= 15 is 0 Å². The van der Waals surface area contributed by atoms with E-state index in [1.807, 2.05) is 12.1 Å². The second-order valence-electron chi connectivity index (χ2n) is 8.26. The molecule has 2 aliphatic rings. The van der Waals surface area contributed by atoms with E-state index < -0.39 is 5.97 Å². The number of hydrogen-bond donors (Lipinski definition) is 2. The molecule has 29 heavy (non-hydrogen) atoms. The molecule has 1 aliphatic heterocycles. The first-order chi connectivity index (χ1) is 14.1. The number of benzene rings is 2. The second-order valence-corrected chi connectivity index (χ2v) is 8.26. The van der Waals surface area contributed by atoms with Crippen molar-refractivity contribution in [2.45, 2.75) is 43.6 Å². The zero-order valence-electron chi connectivity index (χ0n) is 16.7. The SMILES string of the molecule is O=C(O)CCOCCc1cccc(O)c1C1(c2ccccc2)CN(C2CCC2)C1. The Morgan fingerprint density at radius 2 is 1.83 bits per heavy atom. The van der Waals surface area contributed by atoms with E-state index in [4.69, 9.17) is 9.84 Å². The summed E-state index contributed by atoms with van der Waals surface area (Å²) in [5.74, 6) is -0.512. The van der Waals surface area contributed by atoms with Gasteiger partial charge >= 0.3 is 5.97 Å². The fourth-order valence-corrected chi connectivity index (χ4v) is 4.69. The van der Waals surface area contributed by atoms with Gasteiger partial charge in [-0.1, -0.05) is 48.9 Å². The summed E-state index contributed by atoms with van der Waals surface area (Å²) in [6, 6.07) is 16.9. The lowest BCUT2D eigenvalue weighted by Crippen LogP contribution is -2.64. The molecule has 0 amide bonds. The summed E-state index contributed by atoms with van der Waals surface area (Å²) in [6.07, 6.45) is 4.53. The monoisotopic (exact) mass is 395 g/mol. The maximum absolute atomic E-state index is 10.9.